The average molecular weight is 306 g/mol. The minimum absolute atomic E-state index is 0.140. The van der Waals surface area contributed by atoms with E-state index in [9.17, 15) is 0 Å². The van der Waals surface area contributed by atoms with Gasteiger partial charge in [-0.1, -0.05) is 6.07 Å². The van der Waals surface area contributed by atoms with Crippen LogP contribution in [0.2, 0.25) is 0 Å². The second-order valence-corrected chi connectivity index (χ2v) is 5.97. The average Bonchev–Trinajstić information content (AvgIpc) is 2.58. The maximum absolute atomic E-state index is 6.05. The second kappa shape index (κ2) is 7.81. The molecule has 0 spiro atoms. The molecule has 1 aromatic carbocycles. The first-order valence-electron chi connectivity index (χ1n) is 8.19. The van der Waals surface area contributed by atoms with Crippen molar-refractivity contribution in [3.05, 3.63) is 23.8 Å². The van der Waals surface area contributed by atoms with Crippen molar-refractivity contribution in [1.82, 2.24) is 10.2 Å². The highest BCUT2D eigenvalue weighted by molar-refractivity contribution is 5.43. The van der Waals surface area contributed by atoms with Crippen LogP contribution in [0, 0.1) is 0 Å². The summed E-state index contributed by atoms with van der Waals surface area (Å²) in [5, 5.41) is 3.38. The fraction of sp³-hybridized carbons (Fsp3) is 0.647. The van der Waals surface area contributed by atoms with Crippen molar-refractivity contribution < 1.29 is 14.2 Å². The van der Waals surface area contributed by atoms with Crippen molar-refractivity contribution in [2.75, 3.05) is 46.5 Å². The molecule has 0 amide bonds. The van der Waals surface area contributed by atoms with E-state index in [-0.39, 0.29) is 6.10 Å². The standard InChI is InChI=1S/C17H26N2O3/c1-20-17-11-14(12-19-8-6-18-7-9-19)4-5-16(17)22-15-3-2-10-21-13-15/h4-5,11,15,18H,2-3,6-10,12-13H2,1H3. The van der Waals surface area contributed by atoms with Gasteiger partial charge >= 0.3 is 0 Å². The quantitative estimate of drug-likeness (QED) is 0.896. The molecule has 2 fully saturated rings. The molecule has 1 aromatic rings. The summed E-state index contributed by atoms with van der Waals surface area (Å²) < 4.78 is 17.0. The third-order valence-electron chi connectivity index (χ3n) is 4.26. The summed E-state index contributed by atoms with van der Waals surface area (Å²) in [4.78, 5) is 2.46. The van der Waals surface area contributed by atoms with Gasteiger partial charge in [-0.2, -0.15) is 0 Å². The Morgan fingerprint density at radius 3 is 2.86 bits per heavy atom. The Labute approximate surface area is 132 Å². The lowest BCUT2D eigenvalue weighted by Gasteiger charge is -2.28. The van der Waals surface area contributed by atoms with Crippen molar-refractivity contribution in [3.63, 3.8) is 0 Å². The third-order valence-corrected chi connectivity index (χ3v) is 4.26. The Morgan fingerprint density at radius 1 is 1.27 bits per heavy atom. The number of piperazine rings is 1. The van der Waals surface area contributed by atoms with Gasteiger partial charge in [0, 0.05) is 39.3 Å². The van der Waals surface area contributed by atoms with Crippen LogP contribution in [-0.2, 0) is 11.3 Å². The third kappa shape index (κ3) is 4.12. The van der Waals surface area contributed by atoms with E-state index in [1.807, 2.05) is 6.07 Å². The number of hydrogen-bond donors (Lipinski definition) is 1. The molecule has 2 aliphatic rings. The van der Waals surface area contributed by atoms with Crippen molar-refractivity contribution in [2.24, 2.45) is 0 Å². The van der Waals surface area contributed by atoms with Gasteiger partial charge in [0.1, 0.15) is 6.10 Å². The molecule has 0 aromatic heterocycles. The highest BCUT2D eigenvalue weighted by Crippen LogP contribution is 2.30. The maximum atomic E-state index is 6.05. The number of ether oxygens (including phenoxy) is 3. The highest BCUT2D eigenvalue weighted by Gasteiger charge is 2.18. The molecular formula is C17H26N2O3. The van der Waals surface area contributed by atoms with Crippen LogP contribution in [0.1, 0.15) is 18.4 Å². The van der Waals surface area contributed by atoms with Crippen molar-refractivity contribution in [2.45, 2.75) is 25.5 Å². The van der Waals surface area contributed by atoms with Crippen LogP contribution in [-0.4, -0.2) is 57.5 Å². The van der Waals surface area contributed by atoms with Gasteiger partial charge in [-0.25, -0.2) is 0 Å². The number of benzene rings is 1. The lowest BCUT2D eigenvalue weighted by molar-refractivity contribution is 0.00642. The molecule has 0 bridgehead atoms. The van der Waals surface area contributed by atoms with E-state index in [1.165, 1.54) is 5.56 Å². The van der Waals surface area contributed by atoms with E-state index in [4.69, 9.17) is 14.2 Å². The molecule has 2 aliphatic heterocycles. The summed E-state index contributed by atoms with van der Waals surface area (Å²) >= 11 is 0. The molecule has 2 saturated heterocycles. The number of methoxy groups -OCH3 is 1. The Bertz CT molecular complexity index is 469. The molecule has 5 heteroatoms. The van der Waals surface area contributed by atoms with Crippen LogP contribution in [0.25, 0.3) is 0 Å². The molecule has 0 saturated carbocycles. The first-order valence-corrected chi connectivity index (χ1v) is 8.19. The molecule has 1 unspecified atom stereocenters. The van der Waals surface area contributed by atoms with Crippen LogP contribution in [0.3, 0.4) is 0 Å². The number of rotatable bonds is 5. The summed E-state index contributed by atoms with van der Waals surface area (Å²) in [7, 11) is 1.70. The van der Waals surface area contributed by atoms with Crippen molar-refractivity contribution >= 4 is 0 Å². The summed E-state index contributed by atoms with van der Waals surface area (Å²) in [6, 6.07) is 6.27. The van der Waals surface area contributed by atoms with Gasteiger partial charge in [-0.15, -0.1) is 0 Å². The molecule has 5 nitrogen and oxygen atoms in total. The van der Waals surface area contributed by atoms with Gasteiger partial charge in [0.25, 0.3) is 0 Å². The summed E-state index contributed by atoms with van der Waals surface area (Å²) in [5.41, 5.74) is 1.27. The van der Waals surface area contributed by atoms with Crippen LogP contribution < -0.4 is 14.8 Å². The Kier molecular flexibility index (Phi) is 5.53. The van der Waals surface area contributed by atoms with E-state index in [2.05, 4.69) is 22.3 Å². The summed E-state index contributed by atoms with van der Waals surface area (Å²) in [6.07, 6.45) is 2.25. The van der Waals surface area contributed by atoms with E-state index in [0.717, 1.165) is 63.7 Å². The lowest BCUT2D eigenvalue weighted by Crippen LogP contribution is -2.42. The van der Waals surface area contributed by atoms with Crippen molar-refractivity contribution in [1.29, 1.82) is 0 Å². The Morgan fingerprint density at radius 2 is 2.14 bits per heavy atom. The second-order valence-electron chi connectivity index (χ2n) is 5.97. The van der Waals surface area contributed by atoms with Gasteiger partial charge in [0.15, 0.2) is 11.5 Å². The van der Waals surface area contributed by atoms with Crippen LogP contribution in [0.4, 0.5) is 0 Å². The fourth-order valence-corrected chi connectivity index (χ4v) is 3.02. The first-order chi connectivity index (χ1) is 10.8. The van der Waals surface area contributed by atoms with Gasteiger partial charge in [-0.3, -0.25) is 4.90 Å². The molecule has 22 heavy (non-hydrogen) atoms. The molecule has 1 N–H and O–H groups in total. The van der Waals surface area contributed by atoms with E-state index in [1.54, 1.807) is 7.11 Å². The number of hydrogen-bond acceptors (Lipinski definition) is 5. The first kappa shape index (κ1) is 15.6. The maximum Gasteiger partial charge on any atom is 0.161 e. The molecule has 1 atom stereocenters. The molecule has 0 radical (unpaired) electrons. The number of nitrogens with zero attached hydrogens (tertiary/aromatic N) is 1. The summed E-state index contributed by atoms with van der Waals surface area (Å²) in [6.45, 7) is 6.82. The van der Waals surface area contributed by atoms with E-state index >= 15 is 0 Å². The van der Waals surface area contributed by atoms with Gasteiger partial charge in [0.05, 0.1) is 13.7 Å². The van der Waals surface area contributed by atoms with Gasteiger partial charge in [-0.05, 0) is 30.5 Å². The minimum atomic E-state index is 0.140. The summed E-state index contributed by atoms with van der Waals surface area (Å²) in [5.74, 6) is 1.64. The minimum Gasteiger partial charge on any atom is -0.493 e. The molecule has 2 heterocycles. The highest BCUT2D eigenvalue weighted by atomic mass is 16.5. The fourth-order valence-electron chi connectivity index (χ4n) is 3.02. The zero-order valence-electron chi connectivity index (χ0n) is 13.3. The monoisotopic (exact) mass is 306 g/mol. The smallest absolute Gasteiger partial charge is 0.161 e. The zero-order valence-corrected chi connectivity index (χ0v) is 13.3. The number of nitrogens with one attached hydrogen (secondary N) is 1. The molecule has 3 rings (SSSR count). The SMILES string of the molecule is COc1cc(CN2CCNCC2)ccc1OC1CCCOC1. The molecule has 122 valence electrons. The predicted octanol–water partition coefficient (Wildman–Crippen LogP) is 1.66. The largest absolute Gasteiger partial charge is 0.493 e. The zero-order chi connectivity index (χ0) is 15.2. The normalized spacial score (nSPS) is 23.2. The van der Waals surface area contributed by atoms with E-state index < -0.39 is 0 Å². The van der Waals surface area contributed by atoms with E-state index in [0.29, 0.717) is 6.61 Å². The van der Waals surface area contributed by atoms with Gasteiger partial charge < -0.3 is 19.5 Å². The topological polar surface area (TPSA) is 43.0 Å². The van der Waals surface area contributed by atoms with Crippen molar-refractivity contribution in [3.8, 4) is 11.5 Å². The Balaban J connectivity index is 1.64. The Hall–Kier alpha value is -1.30. The predicted molar refractivity (Wildman–Crippen MR) is 85.6 cm³/mol. The molecule has 0 aliphatic carbocycles. The lowest BCUT2D eigenvalue weighted by atomic mass is 10.1. The van der Waals surface area contributed by atoms with Crippen LogP contribution >= 0.6 is 0 Å². The van der Waals surface area contributed by atoms with Crippen LogP contribution in [0.15, 0.2) is 18.2 Å². The van der Waals surface area contributed by atoms with Crippen LogP contribution in [0.5, 0.6) is 11.5 Å². The molecular weight excluding hydrogens is 280 g/mol. The van der Waals surface area contributed by atoms with Gasteiger partial charge in [0.2, 0.25) is 0 Å².